The fourth-order valence-corrected chi connectivity index (χ4v) is 5.41. The Morgan fingerprint density at radius 3 is 2.36 bits per heavy atom. The van der Waals surface area contributed by atoms with Crippen molar-refractivity contribution in [3.63, 3.8) is 0 Å². The van der Waals surface area contributed by atoms with Crippen molar-refractivity contribution < 1.29 is 22.7 Å². The topological polar surface area (TPSA) is 84.9 Å². The minimum Gasteiger partial charge on any atom is -0.476 e. The molecule has 0 aromatic heterocycles. The molecule has 1 aliphatic heterocycles. The fourth-order valence-electron chi connectivity index (χ4n) is 3.93. The van der Waals surface area contributed by atoms with Crippen LogP contribution in [0.5, 0.6) is 5.75 Å². The Kier molecular flexibility index (Phi) is 7.66. The Balaban J connectivity index is 1.50. The third-order valence-electron chi connectivity index (χ3n) is 5.98. The maximum atomic E-state index is 13.6. The van der Waals surface area contributed by atoms with Crippen molar-refractivity contribution in [1.82, 2.24) is 5.32 Å². The van der Waals surface area contributed by atoms with Crippen LogP contribution in [0.3, 0.4) is 0 Å². The molecule has 7 nitrogen and oxygen atoms in total. The molecule has 0 spiro atoms. The van der Waals surface area contributed by atoms with Crippen molar-refractivity contribution in [2.45, 2.75) is 43.8 Å². The largest absolute Gasteiger partial charge is 0.476 e. The molecular formula is C28H32N2O5S. The second kappa shape index (κ2) is 10.7. The van der Waals surface area contributed by atoms with Gasteiger partial charge in [-0.15, -0.1) is 0 Å². The van der Waals surface area contributed by atoms with Gasteiger partial charge >= 0.3 is 0 Å². The number of sulfonamides is 1. The second-order valence-electron chi connectivity index (χ2n) is 9.72. The number of anilines is 1. The number of benzene rings is 3. The highest BCUT2D eigenvalue weighted by molar-refractivity contribution is 7.92. The lowest BCUT2D eigenvalue weighted by Gasteiger charge is -2.36. The van der Waals surface area contributed by atoms with E-state index < -0.39 is 22.0 Å². The number of hydrogen-bond donors (Lipinski definition) is 1. The zero-order valence-corrected chi connectivity index (χ0v) is 21.6. The molecule has 0 saturated carbocycles. The van der Waals surface area contributed by atoms with Gasteiger partial charge in [0.15, 0.2) is 6.10 Å². The minimum atomic E-state index is -3.92. The average molecular weight is 509 g/mol. The zero-order chi connectivity index (χ0) is 25.8. The van der Waals surface area contributed by atoms with E-state index in [0.29, 0.717) is 24.7 Å². The third-order valence-corrected chi connectivity index (χ3v) is 7.77. The van der Waals surface area contributed by atoms with Gasteiger partial charge in [-0.25, -0.2) is 8.42 Å². The minimum absolute atomic E-state index is 0.130. The molecule has 3 aromatic rings. The molecule has 190 valence electrons. The molecule has 0 saturated heterocycles. The van der Waals surface area contributed by atoms with Crippen LogP contribution in [-0.2, 0) is 31.6 Å². The van der Waals surface area contributed by atoms with E-state index in [9.17, 15) is 13.2 Å². The van der Waals surface area contributed by atoms with E-state index in [1.54, 1.807) is 36.4 Å². The van der Waals surface area contributed by atoms with E-state index in [-0.39, 0.29) is 23.4 Å². The summed E-state index contributed by atoms with van der Waals surface area (Å²) >= 11 is 0. The van der Waals surface area contributed by atoms with Crippen LogP contribution >= 0.6 is 0 Å². The van der Waals surface area contributed by atoms with Crippen LogP contribution in [-0.4, -0.2) is 40.1 Å². The first-order valence-corrected chi connectivity index (χ1v) is 13.4. The summed E-state index contributed by atoms with van der Waals surface area (Å²) in [6.07, 6.45) is -0.995. The number of carbonyl (C=O) groups is 1. The molecule has 1 aliphatic rings. The lowest BCUT2D eigenvalue weighted by Crippen LogP contribution is -2.51. The van der Waals surface area contributed by atoms with Gasteiger partial charge in [-0.3, -0.25) is 9.10 Å². The second-order valence-corrected chi connectivity index (χ2v) is 11.6. The molecule has 3 aromatic carbocycles. The number of amides is 1. The van der Waals surface area contributed by atoms with Crippen molar-refractivity contribution in [2.24, 2.45) is 0 Å². The number of carbonyl (C=O) groups excluding carboxylic acids is 1. The molecule has 4 rings (SSSR count). The number of nitrogens with zero attached hydrogens (tertiary/aromatic N) is 1. The molecule has 8 heteroatoms. The fraction of sp³-hybridized carbons (Fsp3) is 0.321. The monoisotopic (exact) mass is 508 g/mol. The number of fused-ring (bicyclic) bond motifs is 1. The van der Waals surface area contributed by atoms with Crippen LogP contribution in [0, 0.1) is 0 Å². The highest BCUT2D eigenvalue weighted by Crippen LogP contribution is 2.40. The number of nitrogens with one attached hydrogen (secondary N) is 1. The quantitative estimate of drug-likeness (QED) is 0.460. The van der Waals surface area contributed by atoms with Crippen molar-refractivity contribution in [3.05, 3.63) is 90.0 Å². The van der Waals surface area contributed by atoms with E-state index in [1.165, 1.54) is 4.31 Å². The third kappa shape index (κ3) is 5.88. The normalized spacial score (nSPS) is 15.6. The van der Waals surface area contributed by atoms with Crippen LogP contribution in [0.2, 0.25) is 0 Å². The predicted octanol–water partition coefficient (Wildman–Crippen LogP) is 4.27. The van der Waals surface area contributed by atoms with E-state index in [4.69, 9.17) is 9.47 Å². The highest BCUT2D eigenvalue weighted by Gasteiger charge is 2.38. The summed E-state index contributed by atoms with van der Waals surface area (Å²) in [5.41, 5.74) is 2.26. The summed E-state index contributed by atoms with van der Waals surface area (Å²) in [4.78, 5) is 13.1. The van der Waals surface area contributed by atoms with Crippen LogP contribution < -0.4 is 14.4 Å². The van der Waals surface area contributed by atoms with E-state index in [2.05, 4.69) is 26.1 Å². The van der Waals surface area contributed by atoms with Gasteiger partial charge in [0.05, 0.1) is 30.3 Å². The first kappa shape index (κ1) is 25.7. The summed E-state index contributed by atoms with van der Waals surface area (Å²) in [6, 6.07) is 23.5. The lowest BCUT2D eigenvalue weighted by molar-refractivity contribution is -0.128. The molecule has 1 unspecified atom stereocenters. The van der Waals surface area contributed by atoms with Gasteiger partial charge in [0.1, 0.15) is 5.75 Å². The van der Waals surface area contributed by atoms with Gasteiger partial charge in [-0.05, 0) is 40.8 Å². The Bertz CT molecular complexity index is 1290. The summed E-state index contributed by atoms with van der Waals surface area (Å²) in [5, 5.41) is 2.81. The molecule has 1 atom stereocenters. The molecule has 1 N–H and O–H groups in total. The first-order chi connectivity index (χ1) is 17.2. The zero-order valence-electron chi connectivity index (χ0n) is 20.8. The van der Waals surface area contributed by atoms with Crippen molar-refractivity contribution in [3.8, 4) is 5.75 Å². The summed E-state index contributed by atoms with van der Waals surface area (Å²) in [5.74, 6) is -0.0358. The van der Waals surface area contributed by atoms with Gasteiger partial charge in [-0.1, -0.05) is 75.4 Å². The van der Waals surface area contributed by atoms with Gasteiger partial charge in [0.2, 0.25) is 0 Å². The van der Waals surface area contributed by atoms with Crippen molar-refractivity contribution in [2.75, 3.05) is 24.0 Å². The van der Waals surface area contributed by atoms with Crippen LogP contribution in [0.4, 0.5) is 5.69 Å². The first-order valence-electron chi connectivity index (χ1n) is 11.9. The Morgan fingerprint density at radius 2 is 1.69 bits per heavy atom. The molecule has 0 aliphatic carbocycles. The molecule has 0 bridgehead atoms. The van der Waals surface area contributed by atoms with E-state index in [1.807, 2.05) is 42.5 Å². The molecule has 1 heterocycles. The summed E-state index contributed by atoms with van der Waals surface area (Å²) in [7, 11) is -3.92. The van der Waals surface area contributed by atoms with E-state index in [0.717, 1.165) is 11.1 Å². The van der Waals surface area contributed by atoms with Crippen molar-refractivity contribution in [1.29, 1.82) is 0 Å². The molecular weight excluding hydrogens is 476 g/mol. The maximum absolute atomic E-state index is 13.6. The van der Waals surface area contributed by atoms with Gasteiger partial charge < -0.3 is 14.8 Å². The van der Waals surface area contributed by atoms with E-state index >= 15 is 0 Å². The Morgan fingerprint density at radius 1 is 1.03 bits per heavy atom. The average Bonchev–Trinajstić information content (AvgIpc) is 2.88. The Labute approximate surface area is 213 Å². The van der Waals surface area contributed by atoms with Gasteiger partial charge in [0.25, 0.3) is 15.9 Å². The van der Waals surface area contributed by atoms with Crippen molar-refractivity contribution >= 4 is 21.6 Å². The summed E-state index contributed by atoms with van der Waals surface area (Å²) < 4.78 is 40.2. The number of hydrogen-bond acceptors (Lipinski definition) is 5. The smallest absolute Gasteiger partial charge is 0.264 e. The SMILES string of the molecule is CC(C)(C)c1ccc2c(c1)N(S(=O)(=O)c1ccccc1)CC(C(=O)NCCOCc1ccccc1)O2. The molecule has 36 heavy (non-hydrogen) atoms. The maximum Gasteiger partial charge on any atom is 0.264 e. The predicted molar refractivity (Wildman–Crippen MR) is 140 cm³/mol. The highest BCUT2D eigenvalue weighted by atomic mass is 32.2. The molecule has 0 radical (unpaired) electrons. The molecule has 0 fully saturated rings. The van der Waals surface area contributed by atoms with Crippen LogP contribution in [0.1, 0.15) is 31.9 Å². The van der Waals surface area contributed by atoms with Crippen LogP contribution in [0.15, 0.2) is 83.8 Å². The number of ether oxygens (including phenoxy) is 2. The number of rotatable bonds is 8. The lowest BCUT2D eigenvalue weighted by atomic mass is 9.86. The molecule has 1 amide bonds. The Hall–Kier alpha value is -3.36. The van der Waals surface area contributed by atoms with Crippen LogP contribution in [0.25, 0.3) is 0 Å². The summed E-state index contributed by atoms with van der Waals surface area (Å²) in [6.45, 7) is 7.11. The van der Waals surface area contributed by atoms with Gasteiger partial charge in [-0.2, -0.15) is 0 Å². The van der Waals surface area contributed by atoms with Gasteiger partial charge in [0, 0.05) is 6.54 Å². The standard InChI is InChI=1S/C28H32N2O5S/c1-28(2,3)22-14-15-25-24(18-22)30(36(32,33)23-12-8-5-9-13-23)19-26(35-25)27(31)29-16-17-34-20-21-10-6-4-7-11-21/h4-15,18,26H,16-17,19-20H2,1-3H3,(H,29,31).